The summed E-state index contributed by atoms with van der Waals surface area (Å²) < 4.78 is 0. The molecule has 0 radical (unpaired) electrons. The van der Waals surface area contributed by atoms with Crippen LogP contribution in [-0.4, -0.2) is 19.5 Å². The summed E-state index contributed by atoms with van der Waals surface area (Å²) in [6, 6.07) is 10.5. The molecule has 1 atom stereocenters. The van der Waals surface area contributed by atoms with Gasteiger partial charge in [0.25, 0.3) is 0 Å². The third kappa shape index (κ3) is 4.13. The molecule has 84 valence electrons. The second-order valence-corrected chi connectivity index (χ2v) is 4.35. The molecule has 0 aliphatic heterocycles. The summed E-state index contributed by atoms with van der Waals surface area (Å²) in [6.45, 7) is 3.32. The highest BCUT2D eigenvalue weighted by molar-refractivity contribution is 6.17. The van der Waals surface area contributed by atoms with Crippen LogP contribution in [0.25, 0.3) is 0 Å². The van der Waals surface area contributed by atoms with Gasteiger partial charge in [-0.2, -0.15) is 0 Å². The molecule has 0 fully saturated rings. The maximum absolute atomic E-state index is 5.79. The van der Waals surface area contributed by atoms with Gasteiger partial charge in [-0.3, -0.25) is 0 Å². The minimum absolute atomic E-state index is 0.702. The number of hydrogen-bond donors (Lipinski definition) is 0. The highest BCUT2D eigenvalue weighted by atomic mass is 35.5. The number of anilines is 1. The number of halogens is 1. The largest absolute Gasteiger partial charge is 0.374 e. The molecule has 0 N–H and O–H groups in total. The van der Waals surface area contributed by atoms with E-state index in [-0.39, 0.29) is 0 Å². The molecule has 0 aliphatic rings. The fourth-order valence-electron chi connectivity index (χ4n) is 1.75. The molecule has 1 aromatic rings. The first-order chi connectivity index (χ1) is 7.27. The van der Waals surface area contributed by atoms with Crippen LogP contribution in [-0.2, 0) is 0 Å². The van der Waals surface area contributed by atoms with E-state index in [4.69, 9.17) is 11.6 Å². The first-order valence-corrected chi connectivity index (χ1v) is 6.13. The van der Waals surface area contributed by atoms with E-state index in [1.165, 1.54) is 12.1 Å². The van der Waals surface area contributed by atoms with E-state index < -0.39 is 0 Å². The summed E-state index contributed by atoms with van der Waals surface area (Å²) in [5.41, 5.74) is 1.28. The molecular weight excluding hydrogens is 206 g/mol. The molecule has 15 heavy (non-hydrogen) atoms. The molecule has 0 aliphatic carbocycles. The van der Waals surface area contributed by atoms with E-state index in [0.29, 0.717) is 5.92 Å². The first-order valence-electron chi connectivity index (χ1n) is 5.60. The Kier molecular flexibility index (Phi) is 5.56. The lowest BCUT2D eigenvalue weighted by Crippen LogP contribution is -2.25. The van der Waals surface area contributed by atoms with Crippen molar-refractivity contribution in [1.82, 2.24) is 0 Å². The molecule has 0 heterocycles. The summed E-state index contributed by atoms with van der Waals surface area (Å²) in [5, 5.41) is 0. The van der Waals surface area contributed by atoms with Crippen LogP contribution in [0.15, 0.2) is 30.3 Å². The van der Waals surface area contributed by atoms with Gasteiger partial charge < -0.3 is 4.90 Å². The van der Waals surface area contributed by atoms with Crippen molar-refractivity contribution in [2.45, 2.75) is 19.8 Å². The topological polar surface area (TPSA) is 3.24 Å². The van der Waals surface area contributed by atoms with Gasteiger partial charge in [0.2, 0.25) is 0 Å². The van der Waals surface area contributed by atoms with E-state index in [9.17, 15) is 0 Å². The van der Waals surface area contributed by atoms with Gasteiger partial charge >= 0.3 is 0 Å². The van der Waals surface area contributed by atoms with Crippen LogP contribution >= 0.6 is 11.6 Å². The van der Waals surface area contributed by atoms with Crippen molar-refractivity contribution in [2.24, 2.45) is 5.92 Å². The Morgan fingerprint density at radius 1 is 1.27 bits per heavy atom. The van der Waals surface area contributed by atoms with Gasteiger partial charge in [-0.1, -0.05) is 31.5 Å². The average molecular weight is 226 g/mol. The van der Waals surface area contributed by atoms with Gasteiger partial charge in [0.15, 0.2) is 0 Å². The molecule has 2 heteroatoms. The van der Waals surface area contributed by atoms with Gasteiger partial charge in [-0.15, -0.1) is 11.6 Å². The van der Waals surface area contributed by atoms with Crippen molar-refractivity contribution in [3.05, 3.63) is 30.3 Å². The fraction of sp³-hybridized carbons (Fsp3) is 0.538. The highest BCUT2D eigenvalue weighted by Crippen LogP contribution is 2.16. The predicted molar refractivity (Wildman–Crippen MR) is 68.8 cm³/mol. The Morgan fingerprint density at radius 2 is 1.93 bits per heavy atom. The van der Waals surface area contributed by atoms with Crippen LogP contribution in [0, 0.1) is 5.92 Å². The van der Waals surface area contributed by atoms with Gasteiger partial charge in [0.1, 0.15) is 0 Å². The number of alkyl halides is 1. The molecule has 0 aromatic heterocycles. The van der Waals surface area contributed by atoms with Crippen LogP contribution in [0.3, 0.4) is 0 Å². The van der Waals surface area contributed by atoms with Crippen molar-refractivity contribution in [3.63, 3.8) is 0 Å². The SMILES string of the molecule is CCC(CCCl)CN(C)c1ccccc1. The van der Waals surface area contributed by atoms with E-state index in [0.717, 1.165) is 18.8 Å². The Bertz CT molecular complexity index is 260. The van der Waals surface area contributed by atoms with Crippen LogP contribution in [0.5, 0.6) is 0 Å². The Labute approximate surface area is 98.0 Å². The lowest BCUT2D eigenvalue weighted by Gasteiger charge is -2.24. The number of rotatable bonds is 6. The van der Waals surface area contributed by atoms with E-state index in [1.54, 1.807) is 0 Å². The zero-order valence-electron chi connectivity index (χ0n) is 9.62. The third-order valence-corrected chi connectivity index (χ3v) is 3.04. The smallest absolute Gasteiger partial charge is 0.0363 e. The van der Waals surface area contributed by atoms with Crippen LogP contribution in [0.1, 0.15) is 19.8 Å². The second kappa shape index (κ2) is 6.73. The van der Waals surface area contributed by atoms with Gasteiger partial charge in [-0.05, 0) is 24.5 Å². The predicted octanol–water partition coefficient (Wildman–Crippen LogP) is 3.78. The van der Waals surface area contributed by atoms with E-state index in [1.807, 2.05) is 6.07 Å². The van der Waals surface area contributed by atoms with Gasteiger partial charge in [0.05, 0.1) is 0 Å². The lowest BCUT2D eigenvalue weighted by molar-refractivity contribution is 0.496. The molecule has 1 aromatic carbocycles. The number of hydrogen-bond acceptors (Lipinski definition) is 1. The van der Waals surface area contributed by atoms with Crippen LogP contribution < -0.4 is 4.90 Å². The first kappa shape index (κ1) is 12.4. The van der Waals surface area contributed by atoms with Crippen molar-refractivity contribution >= 4 is 17.3 Å². The molecule has 1 nitrogen and oxygen atoms in total. The maximum Gasteiger partial charge on any atom is 0.0363 e. The number of para-hydroxylation sites is 1. The standard InChI is InChI=1S/C13H20ClN/c1-3-12(9-10-14)11-15(2)13-7-5-4-6-8-13/h4-8,12H,3,9-11H2,1-2H3. The monoisotopic (exact) mass is 225 g/mol. The summed E-state index contributed by atoms with van der Waals surface area (Å²) in [5.74, 6) is 1.47. The minimum atomic E-state index is 0.702. The zero-order valence-corrected chi connectivity index (χ0v) is 10.4. The number of nitrogens with zero attached hydrogens (tertiary/aromatic N) is 1. The minimum Gasteiger partial charge on any atom is -0.374 e. The zero-order chi connectivity index (χ0) is 11.1. The highest BCUT2D eigenvalue weighted by Gasteiger charge is 2.09. The van der Waals surface area contributed by atoms with Crippen LogP contribution in [0.2, 0.25) is 0 Å². The summed E-state index contributed by atoms with van der Waals surface area (Å²) >= 11 is 5.79. The molecule has 0 bridgehead atoms. The maximum atomic E-state index is 5.79. The quantitative estimate of drug-likeness (QED) is 0.666. The Balaban J connectivity index is 2.50. The van der Waals surface area contributed by atoms with Crippen molar-refractivity contribution in [1.29, 1.82) is 0 Å². The molecule has 1 rings (SSSR count). The summed E-state index contributed by atoms with van der Waals surface area (Å²) in [4.78, 5) is 2.31. The molecule has 0 saturated heterocycles. The normalized spacial score (nSPS) is 12.5. The molecular formula is C13H20ClN. The van der Waals surface area contributed by atoms with Gasteiger partial charge in [-0.25, -0.2) is 0 Å². The molecule has 0 amide bonds. The van der Waals surface area contributed by atoms with E-state index in [2.05, 4.69) is 43.1 Å². The Morgan fingerprint density at radius 3 is 2.47 bits per heavy atom. The van der Waals surface area contributed by atoms with Gasteiger partial charge in [0, 0.05) is 25.2 Å². The molecule has 0 spiro atoms. The van der Waals surface area contributed by atoms with Crippen molar-refractivity contribution in [3.8, 4) is 0 Å². The second-order valence-electron chi connectivity index (χ2n) is 3.97. The van der Waals surface area contributed by atoms with Crippen molar-refractivity contribution in [2.75, 3.05) is 24.4 Å². The molecule has 1 unspecified atom stereocenters. The molecule has 0 saturated carbocycles. The van der Waals surface area contributed by atoms with Crippen LogP contribution in [0.4, 0.5) is 5.69 Å². The summed E-state index contributed by atoms with van der Waals surface area (Å²) in [6.07, 6.45) is 2.30. The van der Waals surface area contributed by atoms with E-state index >= 15 is 0 Å². The third-order valence-electron chi connectivity index (χ3n) is 2.82. The summed E-state index contributed by atoms with van der Waals surface area (Å²) in [7, 11) is 2.15. The number of benzene rings is 1. The van der Waals surface area contributed by atoms with Crippen molar-refractivity contribution < 1.29 is 0 Å². The fourth-order valence-corrected chi connectivity index (χ4v) is 2.06. The Hall–Kier alpha value is -0.690. The lowest BCUT2D eigenvalue weighted by atomic mass is 10.0. The average Bonchev–Trinajstić information content (AvgIpc) is 2.29.